The van der Waals surface area contributed by atoms with Gasteiger partial charge in [0.15, 0.2) is 5.58 Å². The Balaban J connectivity index is 2.99. The fraction of sp³-hybridized carbons (Fsp3) is 0.385. The fourth-order valence-corrected chi connectivity index (χ4v) is 2.89. The van der Waals surface area contributed by atoms with Crippen molar-refractivity contribution in [2.24, 2.45) is 5.73 Å². The Kier molecular flexibility index (Phi) is 3.58. The van der Waals surface area contributed by atoms with Crippen molar-refractivity contribution in [2.75, 3.05) is 0 Å². The van der Waals surface area contributed by atoms with Crippen LogP contribution in [-0.4, -0.2) is 0 Å². The number of rotatable bonds is 1. The van der Waals surface area contributed by atoms with E-state index < -0.39 is 0 Å². The van der Waals surface area contributed by atoms with E-state index in [0.717, 1.165) is 10.9 Å². The molecule has 0 saturated heterocycles. The first kappa shape index (κ1) is 14.0. The van der Waals surface area contributed by atoms with Crippen LogP contribution in [0.1, 0.15) is 32.1 Å². The summed E-state index contributed by atoms with van der Waals surface area (Å²) in [6.45, 7) is 6.51. The van der Waals surface area contributed by atoms with Gasteiger partial charge in [-0.25, -0.2) is 0 Å². The number of nitrogens with two attached hydrogens (primary N) is 1. The van der Waals surface area contributed by atoms with Crippen LogP contribution in [0, 0.1) is 0 Å². The molecule has 1 aromatic heterocycles. The zero-order valence-electron chi connectivity index (χ0n) is 10.4. The van der Waals surface area contributed by atoms with Gasteiger partial charge in [-0.1, -0.05) is 55.6 Å². The monoisotopic (exact) mass is 305 g/mol. The summed E-state index contributed by atoms with van der Waals surface area (Å²) >= 11 is 18.5. The van der Waals surface area contributed by atoms with Crippen LogP contribution in [0.3, 0.4) is 0 Å². The minimum absolute atomic E-state index is 0.155. The van der Waals surface area contributed by atoms with Crippen molar-refractivity contribution in [1.29, 1.82) is 0 Å². The Bertz CT molecular complexity index is 611. The van der Waals surface area contributed by atoms with Crippen molar-refractivity contribution >= 4 is 45.8 Å². The molecule has 2 aromatic rings. The molecule has 0 aliphatic heterocycles. The van der Waals surface area contributed by atoms with Gasteiger partial charge < -0.3 is 10.2 Å². The van der Waals surface area contributed by atoms with E-state index in [0.29, 0.717) is 33.0 Å². The van der Waals surface area contributed by atoms with Gasteiger partial charge in [0.1, 0.15) is 5.76 Å². The molecule has 0 radical (unpaired) electrons. The van der Waals surface area contributed by atoms with E-state index in [1.807, 2.05) is 0 Å². The third-order valence-corrected chi connectivity index (χ3v) is 3.88. The van der Waals surface area contributed by atoms with Gasteiger partial charge in [0.25, 0.3) is 0 Å². The van der Waals surface area contributed by atoms with Crippen molar-refractivity contribution in [2.45, 2.75) is 32.7 Å². The van der Waals surface area contributed by atoms with E-state index in [1.165, 1.54) is 0 Å². The predicted molar refractivity (Wildman–Crippen MR) is 77.8 cm³/mol. The lowest BCUT2D eigenvalue weighted by atomic mass is 9.84. The molecule has 0 aliphatic carbocycles. The lowest BCUT2D eigenvalue weighted by Crippen LogP contribution is -2.14. The molecule has 0 atom stereocenters. The lowest BCUT2D eigenvalue weighted by molar-refractivity contribution is 0.511. The lowest BCUT2D eigenvalue weighted by Gasteiger charge is -2.19. The molecule has 5 heteroatoms. The second kappa shape index (κ2) is 4.61. The van der Waals surface area contributed by atoms with Crippen LogP contribution in [-0.2, 0) is 12.0 Å². The van der Waals surface area contributed by atoms with E-state index in [2.05, 4.69) is 20.8 Å². The number of benzene rings is 1. The Morgan fingerprint density at radius 3 is 2.28 bits per heavy atom. The molecule has 0 fully saturated rings. The van der Waals surface area contributed by atoms with Gasteiger partial charge in [-0.05, 0) is 11.5 Å². The van der Waals surface area contributed by atoms with Gasteiger partial charge in [0.05, 0.1) is 21.6 Å². The number of hydrogen-bond acceptors (Lipinski definition) is 2. The maximum atomic E-state index is 6.29. The number of fused-ring (bicyclic) bond motifs is 1. The first-order chi connectivity index (χ1) is 8.27. The number of furan rings is 1. The zero-order valence-corrected chi connectivity index (χ0v) is 12.7. The average Bonchev–Trinajstić information content (AvgIpc) is 2.65. The summed E-state index contributed by atoms with van der Waals surface area (Å²) in [4.78, 5) is 0. The molecule has 18 heavy (non-hydrogen) atoms. The topological polar surface area (TPSA) is 39.2 Å². The van der Waals surface area contributed by atoms with Crippen LogP contribution < -0.4 is 5.73 Å². The maximum Gasteiger partial charge on any atom is 0.154 e. The van der Waals surface area contributed by atoms with Gasteiger partial charge >= 0.3 is 0 Å². The largest absolute Gasteiger partial charge is 0.458 e. The molecule has 0 saturated carbocycles. The smallest absolute Gasteiger partial charge is 0.154 e. The average molecular weight is 307 g/mol. The number of hydrogen-bond donors (Lipinski definition) is 1. The highest BCUT2D eigenvalue weighted by Crippen LogP contribution is 2.44. The van der Waals surface area contributed by atoms with Crippen molar-refractivity contribution < 1.29 is 4.42 Å². The molecule has 2 N–H and O–H groups in total. The Morgan fingerprint density at radius 2 is 1.78 bits per heavy atom. The van der Waals surface area contributed by atoms with Crippen LogP contribution >= 0.6 is 34.8 Å². The molecule has 0 spiro atoms. The van der Waals surface area contributed by atoms with E-state index in [9.17, 15) is 0 Å². The molecule has 0 amide bonds. The van der Waals surface area contributed by atoms with Gasteiger partial charge in [-0.15, -0.1) is 0 Å². The summed E-state index contributed by atoms with van der Waals surface area (Å²) in [7, 11) is 0. The fourth-order valence-electron chi connectivity index (χ4n) is 2.15. The normalized spacial score (nSPS) is 12.4. The summed E-state index contributed by atoms with van der Waals surface area (Å²) in [6.07, 6.45) is 0. The maximum absolute atomic E-state index is 6.29. The Morgan fingerprint density at radius 1 is 1.17 bits per heavy atom. The van der Waals surface area contributed by atoms with E-state index >= 15 is 0 Å². The molecule has 0 unspecified atom stereocenters. The van der Waals surface area contributed by atoms with Gasteiger partial charge in [0.2, 0.25) is 0 Å². The van der Waals surface area contributed by atoms with E-state index in [4.69, 9.17) is 45.0 Å². The van der Waals surface area contributed by atoms with Gasteiger partial charge in [0, 0.05) is 10.9 Å². The van der Waals surface area contributed by atoms with E-state index in [-0.39, 0.29) is 5.41 Å². The van der Waals surface area contributed by atoms with Gasteiger partial charge in [-0.3, -0.25) is 0 Å². The molecule has 1 heterocycles. The van der Waals surface area contributed by atoms with Crippen molar-refractivity contribution in [1.82, 2.24) is 0 Å². The molecular formula is C13H14Cl3NO. The summed E-state index contributed by atoms with van der Waals surface area (Å²) in [6, 6.07) is 1.59. The quantitative estimate of drug-likeness (QED) is 0.740. The second-order valence-corrected chi connectivity index (χ2v) is 6.41. The van der Waals surface area contributed by atoms with Crippen molar-refractivity contribution in [3.05, 3.63) is 32.5 Å². The van der Waals surface area contributed by atoms with Gasteiger partial charge in [-0.2, -0.15) is 0 Å². The predicted octanol–water partition coefficient (Wildman–Crippen LogP) is 5.15. The summed E-state index contributed by atoms with van der Waals surface area (Å²) in [5.41, 5.74) is 7.10. The Labute approximate surface area is 121 Å². The van der Waals surface area contributed by atoms with Crippen molar-refractivity contribution in [3.8, 4) is 0 Å². The minimum Gasteiger partial charge on any atom is -0.458 e. The highest BCUT2D eigenvalue weighted by molar-refractivity contribution is 6.47. The first-order valence-electron chi connectivity index (χ1n) is 5.56. The molecular weight excluding hydrogens is 293 g/mol. The molecule has 2 nitrogen and oxygen atoms in total. The minimum atomic E-state index is -0.155. The second-order valence-electron chi connectivity index (χ2n) is 5.21. The third-order valence-electron chi connectivity index (χ3n) is 2.82. The van der Waals surface area contributed by atoms with Crippen molar-refractivity contribution in [3.63, 3.8) is 0 Å². The SMILES string of the molecule is CC(C)(C)c1c(CN)oc2c(Cl)cc(Cl)c(Cl)c12. The molecule has 0 aliphatic rings. The zero-order chi connectivity index (χ0) is 13.7. The summed E-state index contributed by atoms with van der Waals surface area (Å²) < 4.78 is 5.74. The van der Waals surface area contributed by atoms with Crippen LogP contribution in [0.15, 0.2) is 10.5 Å². The van der Waals surface area contributed by atoms with Crippen LogP contribution in [0.25, 0.3) is 11.0 Å². The highest BCUT2D eigenvalue weighted by Gasteiger charge is 2.28. The first-order valence-corrected chi connectivity index (χ1v) is 6.70. The third kappa shape index (κ3) is 2.12. The molecule has 0 bridgehead atoms. The molecule has 2 rings (SSSR count). The van der Waals surface area contributed by atoms with E-state index in [1.54, 1.807) is 6.07 Å². The highest BCUT2D eigenvalue weighted by atomic mass is 35.5. The van der Waals surface area contributed by atoms with Crippen LogP contribution in [0.5, 0.6) is 0 Å². The standard InChI is InChI=1S/C13H14Cl3NO/c1-13(2,3)10-8(5-17)18-12-7(15)4-6(14)11(16)9(10)12/h4H,5,17H2,1-3H3. The molecule has 1 aromatic carbocycles. The van der Waals surface area contributed by atoms with Crippen LogP contribution in [0.2, 0.25) is 15.1 Å². The number of halogens is 3. The summed E-state index contributed by atoms with van der Waals surface area (Å²) in [5.74, 6) is 0.698. The Hall–Kier alpha value is -0.410. The van der Waals surface area contributed by atoms with Crippen LogP contribution in [0.4, 0.5) is 0 Å². The molecule has 98 valence electrons. The summed E-state index contributed by atoms with van der Waals surface area (Å²) in [5, 5.41) is 2.10.